The fourth-order valence-electron chi connectivity index (χ4n) is 3.34. The predicted molar refractivity (Wildman–Crippen MR) is 113 cm³/mol. The van der Waals surface area contributed by atoms with Crippen LogP contribution in [0.1, 0.15) is 5.56 Å². The molecule has 3 heterocycles. The van der Waals surface area contributed by atoms with Crippen molar-refractivity contribution in [3.05, 3.63) is 103 Å². The molecule has 1 aliphatic rings. The first-order valence-electron chi connectivity index (χ1n) is 9.55. The zero-order chi connectivity index (χ0) is 20.3. The zero-order valence-corrected chi connectivity index (χ0v) is 16.0. The van der Waals surface area contributed by atoms with Crippen molar-refractivity contribution in [2.45, 2.75) is 0 Å². The summed E-state index contributed by atoms with van der Waals surface area (Å²) in [5.74, 6) is -0.343. The van der Waals surface area contributed by atoms with E-state index in [0.717, 1.165) is 39.5 Å². The van der Waals surface area contributed by atoms with Crippen LogP contribution in [0.15, 0.2) is 102 Å². The minimum Gasteiger partial charge on any atom is -0.256 e. The van der Waals surface area contributed by atoms with Gasteiger partial charge in [-0.3, -0.25) is 9.97 Å². The Bertz CT molecular complexity index is 1250. The molecule has 0 N–H and O–H groups in total. The first kappa shape index (κ1) is 18.0. The van der Waals surface area contributed by atoms with Gasteiger partial charge in [-0.2, -0.15) is 0 Å². The molecule has 1 aliphatic heterocycles. The molecule has 0 aliphatic carbocycles. The summed E-state index contributed by atoms with van der Waals surface area (Å²) in [6, 6.07) is 24.9. The fraction of sp³-hybridized carbons (Fsp3) is 0.0417. The molecular weight excluding hydrogens is 377 g/mol. The number of aromatic nitrogens is 2. The van der Waals surface area contributed by atoms with Crippen LogP contribution in [0.2, 0.25) is 0 Å². The smallest absolute Gasteiger partial charge is 0.231 e. The number of nitrogens with zero attached hydrogens (tertiary/aromatic N) is 5. The first-order chi connectivity index (χ1) is 14.8. The minimum atomic E-state index is -0.343. The Kier molecular flexibility index (Phi) is 4.65. The zero-order valence-electron chi connectivity index (χ0n) is 16.0. The van der Waals surface area contributed by atoms with Crippen molar-refractivity contribution in [3.63, 3.8) is 0 Å². The maximum atomic E-state index is 13.1. The van der Waals surface area contributed by atoms with Crippen LogP contribution in [0.4, 0.5) is 10.1 Å². The lowest BCUT2D eigenvalue weighted by molar-refractivity contribution is -0.492. The van der Waals surface area contributed by atoms with Crippen LogP contribution in [0.5, 0.6) is 0 Å². The minimum absolute atomic E-state index is 0.343. The van der Waals surface area contributed by atoms with E-state index in [9.17, 15) is 4.39 Å². The van der Waals surface area contributed by atoms with Gasteiger partial charge in [0.2, 0.25) is 5.71 Å². The van der Waals surface area contributed by atoms with Crippen molar-refractivity contribution >= 4 is 11.4 Å². The van der Waals surface area contributed by atoms with Crippen molar-refractivity contribution in [1.29, 1.82) is 0 Å². The Morgan fingerprint density at radius 2 is 1.57 bits per heavy atom. The molecule has 0 fully saturated rings. The van der Waals surface area contributed by atoms with E-state index in [0.29, 0.717) is 6.54 Å². The largest absolute Gasteiger partial charge is 0.256 e. The Balaban J connectivity index is 1.33. The van der Waals surface area contributed by atoms with Crippen LogP contribution >= 0.6 is 0 Å². The molecule has 0 bridgehead atoms. The average molecular weight is 394 g/mol. The van der Waals surface area contributed by atoms with E-state index in [2.05, 4.69) is 26.4 Å². The van der Waals surface area contributed by atoms with Crippen LogP contribution in [-0.4, -0.2) is 26.9 Å². The van der Waals surface area contributed by atoms with Crippen molar-refractivity contribution < 1.29 is 9.09 Å². The molecule has 0 radical (unpaired) electrons. The highest BCUT2D eigenvalue weighted by Crippen LogP contribution is 2.25. The molecule has 0 saturated heterocycles. The fourth-order valence-corrected chi connectivity index (χ4v) is 3.34. The lowest BCUT2D eigenvalue weighted by Crippen LogP contribution is -2.11. The number of benzene rings is 2. The third-order valence-electron chi connectivity index (χ3n) is 4.92. The molecule has 0 amide bonds. The van der Waals surface area contributed by atoms with Gasteiger partial charge in [-0.05, 0) is 48.5 Å². The molecule has 144 valence electrons. The SMILES string of the molecule is Fc1ccc(-c2ccc(C3=NN=[N+](c4cccc(-c5ccccn5)c4)C3)cc2)nc1. The summed E-state index contributed by atoms with van der Waals surface area (Å²) < 4.78 is 14.9. The van der Waals surface area contributed by atoms with E-state index in [-0.39, 0.29) is 5.82 Å². The van der Waals surface area contributed by atoms with Gasteiger partial charge in [0.1, 0.15) is 11.0 Å². The van der Waals surface area contributed by atoms with Crippen molar-refractivity contribution in [2.75, 3.05) is 6.54 Å². The van der Waals surface area contributed by atoms with Gasteiger partial charge in [0.15, 0.2) is 12.2 Å². The topological polar surface area (TPSA) is 53.5 Å². The second-order valence-electron chi connectivity index (χ2n) is 6.90. The summed E-state index contributed by atoms with van der Waals surface area (Å²) in [5, 5.41) is 8.70. The molecule has 0 saturated carbocycles. The van der Waals surface area contributed by atoms with Gasteiger partial charge in [-0.15, -0.1) is 4.70 Å². The second-order valence-corrected chi connectivity index (χ2v) is 6.90. The third-order valence-corrected chi connectivity index (χ3v) is 4.92. The molecule has 0 atom stereocenters. The summed E-state index contributed by atoms with van der Waals surface area (Å²) >= 11 is 0. The lowest BCUT2D eigenvalue weighted by Gasteiger charge is -2.04. The van der Waals surface area contributed by atoms with Crippen LogP contribution < -0.4 is 0 Å². The van der Waals surface area contributed by atoms with Gasteiger partial charge >= 0.3 is 0 Å². The summed E-state index contributed by atoms with van der Waals surface area (Å²) in [5.41, 5.74) is 6.45. The third kappa shape index (κ3) is 3.63. The Hall–Kier alpha value is -4.06. The summed E-state index contributed by atoms with van der Waals surface area (Å²) in [7, 11) is 0. The quantitative estimate of drug-likeness (QED) is 0.431. The van der Waals surface area contributed by atoms with Crippen LogP contribution in [0, 0.1) is 5.82 Å². The molecule has 2 aromatic carbocycles. The van der Waals surface area contributed by atoms with Gasteiger partial charge in [0.05, 0.1) is 22.7 Å². The van der Waals surface area contributed by atoms with Crippen LogP contribution in [0.25, 0.3) is 22.5 Å². The standard InChI is InChI=1S/C24H17FN5/c25-20-11-12-23(27-15-20)17-7-9-18(10-8-17)24-16-30(29-28-24)21-5-3-4-19(14-21)22-6-1-2-13-26-22/h1-15H,16H2/q+1. The van der Waals surface area contributed by atoms with E-state index in [1.807, 2.05) is 65.4 Å². The maximum absolute atomic E-state index is 13.1. The number of hydrogen-bond acceptors (Lipinski definition) is 4. The molecule has 0 unspecified atom stereocenters. The summed E-state index contributed by atoms with van der Waals surface area (Å²) in [6.07, 6.45) is 3.01. The molecular formula is C24H17FN5+. The normalized spacial score (nSPS) is 13.1. The molecule has 30 heavy (non-hydrogen) atoms. The molecule has 2 aromatic heterocycles. The van der Waals surface area contributed by atoms with E-state index < -0.39 is 0 Å². The first-order valence-corrected chi connectivity index (χ1v) is 9.55. The average Bonchev–Trinajstić information content (AvgIpc) is 3.31. The van der Waals surface area contributed by atoms with E-state index >= 15 is 0 Å². The van der Waals surface area contributed by atoms with Crippen LogP contribution in [0.3, 0.4) is 0 Å². The summed E-state index contributed by atoms with van der Waals surface area (Å²) in [4.78, 5) is 8.54. The monoisotopic (exact) mass is 394 g/mol. The second kappa shape index (κ2) is 7.75. The number of hydrogen-bond donors (Lipinski definition) is 0. The molecule has 5 rings (SSSR count). The van der Waals surface area contributed by atoms with E-state index in [1.165, 1.54) is 12.3 Å². The highest BCUT2D eigenvalue weighted by molar-refractivity contribution is 6.02. The molecule has 4 aromatic rings. The molecule has 0 spiro atoms. The molecule has 5 nitrogen and oxygen atoms in total. The Labute approximate surface area is 172 Å². The van der Waals surface area contributed by atoms with E-state index in [4.69, 9.17) is 0 Å². The lowest BCUT2D eigenvalue weighted by atomic mass is 10.1. The summed E-state index contributed by atoms with van der Waals surface area (Å²) in [6.45, 7) is 0.583. The van der Waals surface area contributed by atoms with Gasteiger partial charge in [-0.1, -0.05) is 30.3 Å². The number of halogens is 1. The number of rotatable bonds is 4. The van der Waals surface area contributed by atoms with Crippen molar-refractivity contribution in [2.24, 2.45) is 10.3 Å². The van der Waals surface area contributed by atoms with Gasteiger partial charge in [0, 0.05) is 22.9 Å². The Morgan fingerprint density at radius 1 is 0.733 bits per heavy atom. The van der Waals surface area contributed by atoms with E-state index in [1.54, 1.807) is 12.3 Å². The van der Waals surface area contributed by atoms with Crippen LogP contribution in [-0.2, 0) is 0 Å². The number of pyridine rings is 2. The Morgan fingerprint density at radius 3 is 2.33 bits per heavy atom. The van der Waals surface area contributed by atoms with Crippen molar-refractivity contribution in [1.82, 2.24) is 9.97 Å². The van der Waals surface area contributed by atoms with Gasteiger partial charge < -0.3 is 0 Å². The predicted octanol–water partition coefficient (Wildman–Crippen LogP) is 5.46. The highest BCUT2D eigenvalue weighted by Gasteiger charge is 2.24. The van der Waals surface area contributed by atoms with Crippen molar-refractivity contribution in [3.8, 4) is 22.5 Å². The maximum Gasteiger partial charge on any atom is 0.231 e. The molecule has 6 heteroatoms. The highest BCUT2D eigenvalue weighted by atomic mass is 19.1. The van der Waals surface area contributed by atoms with Gasteiger partial charge in [0.25, 0.3) is 0 Å². The van der Waals surface area contributed by atoms with Gasteiger partial charge in [-0.25, -0.2) is 4.39 Å².